The molecule has 0 saturated carbocycles. The highest BCUT2D eigenvalue weighted by atomic mass is 16.5. The number of anilines is 1. The molecule has 7 nitrogen and oxygen atoms in total. The Morgan fingerprint density at radius 2 is 2.11 bits per heavy atom. The van der Waals surface area contributed by atoms with Crippen LogP contribution in [0, 0.1) is 12.8 Å². The molecule has 1 aromatic carbocycles. The Morgan fingerprint density at radius 3 is 2.86 bits per heavy atom. The Hall–Kier alpha value is -2.12. The molecule has 0 radical (unpaired) electrons. The van der Waals surface area contributed by atoms with Gasteiger partial charge in [-0.25, -0.2) is 4.79 Å². The zero-order chi connectivity index (χ0) is 19.7. The summed E-state index contributed by atoms with van der Waals surface area (Å²) in [4.78, 5) is 31.6. The molecule has 7 heteroatoms. The van der Waals surface area contributed by atoms with Gasteiger partial charge in [-0.1, -0.05) is 6.07 Å². The fourth-order valence-electron chi connectivity index (χ4n) is 4.74. The number of rotatable bonds is 5. The van der Waals surface area contributed by atoms with Crippen LogP contribution in [0.4, 0.5) is 10.5 Å². The van der Waals surface area contributed by atoms with Crippen LogP contribution in [0.2, 0.25) is 0 Å². The van der Waals surface area contributed by atoms with E-state index in [0.717, 1.165) is 50.5 Å². The number of nitrogens with one attached hydrogen (secondary N) is 1. The molecule has 1 N–H and O–H groups in total. The van der Waals surface area contributed by atoms with Gasteiger partial charge in [-0.3, -0.25) is 14.6 Å². The molecule has 4 aliphatic rings. The van der Waals surface area contributed by atoms with Gasteiger partial charge in [0.2, 0.25) is 0 Å². The molecule has 4 heterocycles. The Kier molecular flexibility index (Phi) is 5.55. The first-order valence-corrected chi connectivity index (χ1v) is 10.2. The van der Waals surface area contributed by atoms with Crippen molar-refractivity contribution in [2.75, 3.05) is 57.9 Å². The van der Waals surface area contributed by atoms with Crippen molar-refractivity contribution in [2.24, 2.45) is 5.92 Å². The summed E-state index contributed by atoms with van der Waals surface area (Å²) in [5.41, 5.74) is 2.51. The lowest BCUT2D eigenvalue weighted by Gasteiger charge is -2.35. The number of methoxy groups -OCH3 is 1. The number of carbonyl (C=O) groups is 2. The number of nitrogens with zero attached hydrogens (tertiary/aromatic N) is 3. The van der Waals surface area contributed by atoms with Crippen molar-refractivity contribution in [1.82, 2.24) is 15.1 Å². The monoisotopic (exact) mass is 386 g/mol. The summed E-state index contributed by atoms with van der Waals surface area (Å²) in [6.45, 7) is 7.55. The molecule has 152 valence electrons. The van der Waals surface area contributed by atoms with E-state index in [9.17, 15) is 9.59 Å². The highest BCUT2D eigenvalue weighted by Gasteiger charge is 2.36. The minimum atomic E-state index is -0.0886. The maximum Gasteiger partial charge on any atom is 0.322 e. The van der Waals surface area contributed by atoms with E-state index < -0.39 is 0 Å². The van der Waals surface area contributed by atoms with Crippen LogP contribution in [-0.2, 0) is 4.74 Å². The van der Waals surface area contributed by atoms with Gasteiger partial charge < -0.3 is 15.0 Å². The summed E-state index contributed by atoms with van der Waals surface area (Å²) in [5, 5.41) is 2.83. The quantitative estimate of drug-likeness (QED) is 0.837. The van der Waals surface area contributed by atoms with Gasteiger partial charge in [0.15, 0.2) is 0 Å². The van der Waals surface area contributed by atoms with Crippen molar-refractivity contribution in [3.63, 3.8) is 0 Å². The average Bonchev–Trinajstić information content (AvgIpc) is 2.92. The van der Waals surface area contributed by atoms with Crippen LogP contribution >= 0.6 is 0 Å². The van der Waals surface area contributed by atoms with Crippen molar-refractivity contribution in [3.8, 4) is 0 Å². The number of urea groups is 1. The summed E-state index contributed by atoms with van der Waals surface area (Å²) in [6.07, 6.45) is 2.33. The summed E-state index contributed by atoms with van der Waals surface area (Å²) in [5.74, 6) is 0.597. The third-order valence-electron chi connectivity index (χ3n) is 6.30. The number of fused-ring (bicyclic) bond motifs is 4. The van der Waals surface area contributed by atoms with Gasteiger partial charge in [-0.2, -0.15) is 0 Å². The number of aryl methyl sites for hydroxylation is 1. The van der Waals surface area contributed by atoms with Crippen LogP contribution in [-0.4, -0.2) is 80.8 Å². The smallest absolute Gasteiger partial charge is 0.322 e. The molecule has 3 amide bonds. The van der Waals surface area contributed by atoms with Crippen LogP contribution < -0.4 is 10.2 Å². The molecule has 4 fully saturated rings. The SMILES string of the molecule is COCCN1C[C@H]2CC[C@@H]1CN(C(=O)c1ccc(C)c(N3CCNC3=O)c1)C2. The highest BCUT2D eigenvalue weighted by Crippen LogP contribution is 2.30. The van der Waals surface area contributed by atoms with Crippen LogP contribution in [0.1, 0.15) is 28.8 Å². The van der Waals surface area contributed by atoms with Crippen molar-refractivity contribution < 1.29 is 14.3 Å². The number of carbonyl (C=O) groups excluding carboxylic acids is 2. The largest absolute Gasteiger partial charge is 0.383 e. The number of hydrogen-bond donors (Lipinski definition) is 1. The third kappa shape index (κ3) is 3.73. The van der Waals surface area contributed by atoms with Crippen molar-refractivity contribution in [1.29, 1.82) is 0 Å². The average molecular weight is 386 g/mol. The number of hydrogen-bond acceptors (Lipinski definition) is 4. The van der Waals surface area contributed by atoms with Gasteiger partial charge in [0, 0.05) is 63.7 Å². The Morgan fingerprint density at radius 1 is 1.25 bits per heavy atom. The molecule has 0 aliphatic carbocycles. The zero-order valence-electron chi connectivity index (χ0n) is 16.8. The van der Waals surface area contributed by atoms with E-state index in [1.54, 1.807) is 12.0 Å². The number of ether oxygens (including phenoxy) is 1. The van der Waals surface area contributed by atoms with Crippen LogP contribution in [0.15, 0.2) is 18.2 Å². The van der Waals surface area contributed by atoms with E-state index >= 15 is 0 Å². The van der Waals surface area contributed by atoms with Crippen LogP contribution in [0.5, 0.6) is 0 Å². The van der Waals surface area contributed by atoms with E-state index in [0.29, 0.717) is 30.6 Å². The molecule has 5 rings (SSSR count). The second-order valence-corrected chi connectivity index (χ2v) is 8.18. The Balaban J connectivity index is 1.52. The van der Waals surface area contributed by atoms with Gasteiger partial charge in [-0.15, -0.1) is 0 Å². The second-order valence-electron chi connectivity index (χ2n) is 8.18. The standard InChI is InChI=1S/C21H30N4O3/c1-15-3-5-17(11-19(15)25-8-7-22-21(25)27)20(26)24-13-16-4-6-18(14-24)23(12-16)9-10-28-2/h3,5,11,16,18H,4,6-10,12-14H2,1-2H3,(H,22,27)/t16-,18-/m1/s1. The first-order chi connectivity index (χ1) is 13.6. The van der Waals surface area contributed by atoms with Gasteiger partial charge in [0.05, 0.1) is 6.61 Å². The maximum absolute atomic E-state index is 13.3. The molecule has 0 unspecified atom stereocenters. The predicted octanol–water partition coefficient (Wildman–Crippen LogP) is 1.71. The van der Waals surface area contributed by atoms with Crippen LogP contribution in [0.25, 0.3) is 0 Å². The zero-order valence-corrected chi connectivity index (χ0v) is 16.8. The lowest BCUT2D eigenvalue weighted by Crippen LogP contribution is -2.45. The van der Waals surface area contributed by atoms with Gasteiger partial charge in [0.1, 0.15) is 0 Å². The number of piperidine rings is 1. The molecule has 4 aliphatic heterocycles. The first-order valence-electron chi connectivity index (χ1n) is 10.2. The Bertz CT molecular complexity index is 753. The highest BCUT2D eigenvalue weighted by molar-refractivity contribution is 5.99. The van der Waals surface area contributed by atoms with Crippen molar-refractivity contribution in [2.45, 2.75) is 25.8 Å². The topological polar surface area (TPSA) is 65.1 Å². The van der Waals surface area contributed by atoms with Gasteiger partial charge in [-0.05, 0) is 43.4 Å². The molecular weight excluding hydrogens is 356 g/mol. The van der Waals surface area contributed by atoms with Crippen molar-refractivity contribution >= 4 is 17.6 Å². The molecule has 2 atom stereocenters. The molecular formula is C21H30N4O3. The first kappa shape index (κ1) is 19.2. The summed E-state index contributed by atoms with van der Waals surface area (Å²) in [7, 11) is 1.74. The van der Waals surface area contributed by atoms with Crippen LogP contribution in [0.3, 0.4) is 0 Å². The molecule has 2 bridgehead atoms. The lowest BCUT2D eigenvalue weighted by molar-refractivity contribution is 0.0717. The van der Waals surface area contributed by atoms with Gasteiger partial charge >= 0.3 is 6.03 Å². The second kappa shape index (κ2) is 8.09. The minimum absolute atomic E-state index is 0.0753. The normalized spacial score (nSPS) is 25.1. The molecule has 1 aromatic rings. The van der Waals surface area contributed by atoms with E-state index in [4.69, 9.17) is 4.74 Å². The van der Waals surface area contributed by atoms with E-state index in [-0.39, 0.29) is 11.9 Å². The van der Waals surface area contributed by atoms with E-state index in [1.165, 1.54) is 6.42 Å². The minimum Gasteiger partial charge on any atom is -0.383 e. The summed E-state index contributed by atoms with van der Waals surface area (Å²) >= 11 is 0. The third-order valence-corrected chi connectivity index (χ3v) is 6.30. The Labute approximate surface area is 166 Å². The molecule has 0 spiro atoms. The molecule has 28 heavy (non-hydrogen) atoms. The molecule has 0 aromatic heterocycles. The number of amides is 3. The van der Waals surface area contributed by atoms with E-state index in [1.807, 2.05) is 30.0 Å². The van der Waals surface area contributed by atoms with Crippen molar-refractivity contribution in [3.05, 3.63) is 29.3 Å². The lowest BCUT2D eigenvalue weighted by atomic mass is 9.95. The summed E-state index contributed by atoms with van der Waals surface area (Å²) in [6, 6.07) is 6.05. The maximum atomic E-state index is 13.3. The fraction of sp³-hybridized carbons (Fsp3) is 0.619. The predicted molar refractivity (Wildman–Crippen MR) is 108 cm³/mol. The fourth-order valence-corrected chi connectivity index (χ4v) is 4.74. The van der Waals surface area contributed by atoms with E-state index in [2.05, 4.69) is 10.2 Å². The number of benzene rings is 1. The molecule has 4 saturated heterocycles. The summed E-state index contributed by atoms with van der Waals surface area (Å²) < 4.78 is 5.26. The van der Waals surface area contributed by atoms with Gasteiger partial charge in [0.25, 0.3) is 5.91 Å².